The first kappa shape index (κ1) is 17.4. The van der Waals surface area contributed by atoms with E-state index in [1.54, 1.807) is 25.6 Å². The lowest BCUT2D eigenvalue weighted by Gasteiger charge is -2.26. The predicted molar refractivity (Wildman–Crippen MR) is 96.0 cm³/mol. The number of aromatic nitrogens is 4. The van der Waals surface area contributed by atoms with Crippen LogP contribution in [0.4, 0.5) is 17.5 Å². The van der Waals surface area contributed by atoms with E-state index in [1.807, 2.05) is 11.9 Å². The van der Waals surface area contributed by atoms with Gasteiger partial charge in [0.05, 0.1) is 24.2 Å². The fourth-order valence-electron chi connectivity index (χ4n) is 2.68. The summed E-state index contributed by atoms with van der Waals surface area (Å²) < 4.78 is 1.53. The van der Waals surface area contributed by atoms with Crippen molar-refractivity contribution in [3.63, 3.8) is 0 Å². The number of likely N-dealkylation sites (N-methyl/N-ethyl adjacent to an activating group) is 1. The van der Waals surface area contributed by atoms with Gasteiger partial charge in [0.1, 0.15) is 11.6 Å². The van der Waals surface area contributed by atoms with Gasteiger partial charge in [-0.2, -0.15) is 10.1 Å². The molecule has 0 spiro atoms. The van der Waals surface area contributed by atoms with E-state index in [-0.39, 0.29) is 18.6 Å². The van der Waals surface area contributed by atoms with Crippen molar-refractivity contribution in [1.82, 2.24) is 30.4 Å². The summed E-state index contributed by atoms with van der Waals surface area (Å²) in [4.78, 5) is 22.1. The zero-order chi connectivity index (χ0) is 17.8. The molecule has 10 heteroatoms. The first-order valence-corrected chi connectivity index (χ1v) is 8.43. The highest BCUT2D eigenvalue weighted by Crippen LogP contribution is 2.26. The zero-order valence-electron chi connectivity index (χ0n) is 14.2. The molecule has 1 atom stereocenters. The van der Waals surface area contributed by atoms with Crippen LogP contribution in [0.5, 0.6) is 0 Å². The Morgan fingerprint density at radius 1 is 1.52 bits per heavy atom. The first-order chi connectivity index (χ1) is 12.1. The number of rotatable bonds is 6. The lowest BCUT2D eigenvalue weighted by molar-refractivity contribution is -0.121. The second kappa shape index (κ2) is 7.66. The molecule has 3 heterocycles. The van der Waals surface area contributed by atoms with Gasteiger partial charge in [-0.15, -0.1) is 0 Å². The van der Waals surface area contributed by atoms with E-state index < -0.39 is 0 Å². The minimum absolute atomic E-state index is 0.120. The van der Waals surface area contributed by atoms with Crippen molar-refractivity contribution in [2.24, 2.45) is 0 Å². The highest BCUT2D eigenvalue weighted by Gasteiger charge is 2.22. The van der Waals surface area contributed by atoms with Gasteiger partial charge in [0.2, 0.25) is 11.9 Å². The minimum Gasteiger partial charge on any atom is -0.358 e. The minimum atomic E-state index is -0.120. The van der Waals surface area contributed by atoms with Crippen molar-refractivity contribution in [3.8, 4) is 0 Å². The van der Waals surface area contributed by atoms with Crippen molar-refractivity contribution >= 4 is 35.0 Å². The van der Waals surface area contributed by atoms with Crippen LogP contribution >= 0.6 is 11.6 Å². The summed E-state index contributed by atoms with van der Waals surface area (Å²) in [5.41, 5.74) is 0.693. The SMILES string of the molecule is CNC(=O)Cn1cc(Nc2ncc(Cl)c(N(C)[C@@H]3CCCN3)n2)cn1. The number of nitrogens with one attached hydrogen (secondary N) is 3. The van der Waals surface area contributed by atoms with Gasteiger partial charge >= 0.3 is 0 Å². The molecule has 0 aromatic carbocycles. The van der Waals surface area contributed by atoms with Crippen LogP contribution in [-0.4, -0.2) is 52.5 Å². The summed E-state index contributed by atoms with van der Waals surface area (Å²) in [5, 5.41) is 13.7. The lowest BCUT2D eigenvalue weighted by atomic mass is 10.3. The molecule has 25 heavy (non-hydrogen) atoms. The molecule has 9 nitrogen and oxygen atoms in total. The standard InChI is InChI=1S/C15H21ClN8O/c1-17-13(25)9-24-8-10(6-20-24)21-15-19-7-11(16)14(22-15)23(2)12-4-3-5-18-12/h6-8,12,18H,3-5,9H2,1-2H3,(H,17,25)(H,19,21,22)/t12-/m1/s1. The molecule has 3 rings (SSSR count). The smallest absolute Gasteiger partial charge is 0.241 e. The third-order valence-electron chi connectivity index (χ3n) is 4.04. The summed E-state index contributed by atoms with van der Waals surface area (Å²) in [6, 6.07) is 0. The average Bonchev–Trinajstić information content (AvgIpc) is 3.28. The third kappa shape index (κ3) is 4.18. The lowest BCUT2D eigenvalue weighted by Crippen LogP contribution is -2.39. The molecular formula is C15H21ClN8O. The van der Waals surface area contributed by atoms with Crippen LogP contribution in [0.3, 0.4) is 0 Å². The third-order valence-corrected chi connectivity index (χ3v) is 4.30. The second-order valence-electron chi connectivity index (χ2n) is 5.81. The average molecular weight is 365 g/mol. The number of carbonyl (C=O) groups is 1. The highest BCUT2D eigenvalue weighted by atomic mass is 35.5. The summed E-state index contributed by atoms with van der Waals surface area (Å²) in [6.07, 6.45) is 7.31. The number of nitrogens with zero attached hydrogens (tertiary/aromatic N) is 5. The highest BCUT2D eigenvalue weighted by molar-refractivity contribution is 6.32. The van der Waals surface area contributed by atoms with E-state index in [0.29, 0.717) is 22.5 Å². The number of hydrogen-bond donors (Lipinski definition) is 3. The van der Waals surface area contributed by atoms with E-state index in [9.17, 15) is 4.79 Å². The fraction of sp³-hybridized carbons (Fsp3) is 0.467. The Morgan fingerprint density at radius 3 is 3.08 bits per heavy atom. The normalized spacial score (nSPS) is 16.7. The van der Waals surface area contributed by atoms with Crippen molar-refractivity contribution in [3.05, 3.63) is 23.6 Å². The molecule has 0 saturated carbocycles. The molecule has 0 aliphatic carbocycles. The molecule has 134 valence electrons. The molecule has 1 aliphatic rings. The van der Waals surface area contributed by atoms with E-state index in [4.69, 9.17) is 11.6 Å². The van der Waals surface area contributed by atoms with Crippen LogP contribution in [-0.2, 0) is 11.3 Å². The Labute approximate surface area is 150 Å². The van der Waals surface area contributed by atoms with Gasteiger partial charge < -0.3 is 15.5 Å². The van der Waals surface area contributed by atoms with E-state index >= 15 is 0 Å². The fourth-order valence-corrected chi connectivity index (χ4v) is 2.90. The van der Waals surface area contributed by atoms with Crippen LogP contribution in [0.25, 0.3) is 0 Å². The Hall–Kier alpha value is -2.39. The Balaban J connectivity index is 1.72. The molecule has 0 bridgehead atoms. The molecule has 2 aromatic heterocycles. The van der Waals surface area contributed by atoms with Gasteiger partial charge in [0.15, 0.2) is 5.82 Å². The first-order valence-electron chi connectivity index (χ1n) is 8.05. The number of amides is 1. The van der Waals surface area contributed by atoms with E-state index in [0.717, 1.165) is 19.4 Å². The van der Waals surface area contributed by atoms with Crippen molar-refractivity contribution in [1.29, 1.82) is 0 Å². The van der Waals surface area contributed by atoms with Crippen molar-refractivity contribution in [2.75, 3.05) is 30.9 Å². The summed E-state index contributed by atoms with van der Waals surface area (Å²) in [6.45, 7) is 1.15. The Morgan fingerprint density at radius 2 is 2.36 bits per heavy atom. The van der Waals surface area contributed by atoms with Crippen LogP contribution < -0.4 is 20.9 Å². The summed E-state index contributed by atoms with van der Waals surface area (Å²) in [5.74, 6) is 0.963. The van der Waals surface area contributed by atoms with Crippen molar-refractivity contribution < 1.29 is 4.79 Å². The Kier molecular flexibility index (Phi) is 5.34. The number of hydrogen-bond acceptors (Lipinski definition) is 7. The van der Waals surface area contributed by atoms with Crippen LogP contribution in [0.1, 0.15) is 12.8 Å². The quantitative estimate of drug-likeness (QED) is 0.702. The number of anilines is 3. The van der Waals surface area contributed by atoms with Crippen LogP contribution in [0, 0.1) is 0 Å². The molecule has 1 amide bonds. The topological polar surface area (TPSA) is 100 Å². The summed E-state index contributed by atoms with van der Waals surface area (Å²) in [7, 11) is 3.55. The van der Waals surface area contributed by atoms with Gasteiger partial charge in [-0.1, -0.05) is 11.6 Å². The zero-order valence-corrected chi connectivity index (χ0v) is 14.9. The molecule has 1 aliphatic heterocycles. The maximum atomic E-state index is 11.4. The van der Waals surface area contributed by atoms with Crippen LogP contribution in [0.15, 0.2) is 18.6 Å². The number of carbonyl (C=O) groups excluding carboxylic acids is 1. The maximum absolute atomic E-state index is 11.4. The van der Waals surface area contributed by atoms with Crippen LogP contribution in [0.2, 0.25) is 5.02 Å². The molecule has 0 unspecified atom stereocenters. The van der Waals surface area contributed by atoms with Gasteiger partial charge in [0, 0.05) is 20.3 Å². The summed E-state index contributed by atoms with van der Waals surface area (Å²) >= 11 is 6.27. The number of halogens is 1. The van der Waals surface area contributed by atoms with E-state index in [1.165, 1.54) is 4.68 Å². The monoisotopic (exact) mass is 364 g/mol. The molecule has 3 N–H and O–H groups in total. The van der Waals surface area contributed by atoms with E-state index in [2.05, 4.69) is 31.0 Å². The second-order valence-corrected chi connectivity index (χ2v) is 6.22. The molecule has 1 saturated heterocycles. The molecule has 0 radical (unpaired) electrons. The van der Waals surface area contributed by atoms with Gasteiger partial charge in [-0.25, -0.2) is 4.98 Å². The van der Waals surface area contributed by atoms with Gasteiger partial charge in [0.25, 0.3) is 0 Å². The predicted octanol–water partition coefficient (Wildman–Crippen LogP) is 0.962. The molecule has 1 fully saturated rings. The Bertz CT molecular complexity index is 743. The van der Waals surface area contributed by atoms with Crippen molar-refractivity contribution in [2.45, 2.75) is 25.6 Å². The molecular weight excluding hydrogens is 344 g/mol. The maximum Gasteiger partial charge on any atom is 0.241 e. The molecule has 2 aromatic rings. The van der Waals surface area contributed by atoms with Gasteiger partial charge in [-0.3, -0.25) is 14.8 Å². The van der Waals surface area contributed by atoms with Gasteiger partial charge in [-0.05, 0) is 19.4 Å². The largest absolute Gasteiger partial charge is 0.358 e.